The molecule has 3 aromatic heterocycles. The van der Waals surface area contributed by atoms with E-state index < -0.39 is 109 Å². The molecule has 30 heteroatoms. The Kier molecular flexibility index (Phi) is 20.0. The van der Waals surface area contributed by atoms with Crippen molar-refractivity contribution in [2.75, 3.05) is 26.4 Å². The number of benzene rings is 3. The highest BCUT2D eigenvalue weighted by Crippen LogP contribution is 2.35. The third-order valence-electron chi connectivity index (χ3n) is 8.72. The second kappa shape index (κ2) is 24.9. The zero-order chi connectivity index (χ0) is 55.4. The average molecular weight is 1140 g/mol. The van der Waals surface area contributed by atoms with Crippen LogP contribution in [0, 0.1) is 0 Å². The first-order valence-electron chi connectivity index (χ1n) is 20.3. The molecule has 0 atom stereocenters. The number of aromatic nitrogens is 3. The second-order valence-electron chi connectivity index (χ2n) is 14.2. The van der Waals surface area contributed by atoms with Crippen LogP contribution in [0.15, 0.2) is 86.0 Å². The molecule has 3 heterocycles. The van der Waals surface area contributed by atoms with Crippen LogP contribution in [0.25, 0.3) is 34.4 Å². The standard InChI is InChI=1S/C16H13F6NO4.C14H11BrF3NO3.C14H9F6NO4/c1-2-26-14(24)12-11(7-25-8-15(17,18)19)23-13(27-12)9-3-5-10(6-4-9)16(20,21)22;1-2-21-13(20)11-10(7-15)19-12(22-11)8-3-5-9(6-4-8)14(16,17)18;15-13(16,17)6-24-5-9-10(12(22)23)25-11(21-9)7-1-3-8(4-2-7)14(18,19)20/h3-6H,2,7-8H2,1H3;3-6H,2,7H2,1H3;1-4H,5-6H2,(H,22,23). The number of nitrogens with zero attached hydrogens (tertiary/aromatic N) is 3. The molecule has 0 unspecified atom stereocenters. The Morgan fingerprint density at radius 3 is 1.04 bits per heavy atom. The van der Waals surface area contributed by atoms with Crippen LogP contribution >= 0.6 is 15.9 Å². The number of carboxylic acid groups (broad SMARTS) is 1. The van der Waals surface area contributed by atoms with E-state index in [1.807, 2.05) is 0 Å². The van der Waals surface area contributed by atoms with Gasteiger partial charge in [0.2, 0.25) is 35.0 Å². The molecule has 74 heavy (non-hydrogen) atoms. The zero-order valence-electron chi connectivity index (χ0n) is 37.3. The van der Waals surface area contributed by atoms with Gasteiger partial charge in [0.1, 0.15) is 30.3 Å². The van der Waals surface area contributed by atoms with Crippen LogP contribution in [0.2, 0.25) is 0 Å². The lowest BCUT2D eigenvalue weighted by molar-refractivity contribution is -0.177. The average Bonchev–Trinajstić information content (AvgIpc) is 4.06. The normalized spacial score (nSPS) is 12.1. The van der Waals surface area contributed by atoms with E-state index >= 15 is 0 Å². The molecule has 0 radical (unpaired) electrons. The molecule has 0 spiro atoms. The molecule has 402 valence electrons. The van der Waals surface area contributed by atoms with Gasteiger partial charge in [0.15, 0.2) is 0 Å². The Hall–Kier alpha value is -6.95. The number of hydrogen-bond acceptors (Lipinski definition) is 13. The van der Waals surface area contributed by atoms with Crippen molar-refractivity contribution in [3.05, 3.63) is 124 Å². The number of ether oxygens (including phenoxy) is 4. The van der Waals surface area contributed by atoms with Crippen LogP contribution in [-0.4, -0.2) is 76.7 Å². The van der Waals surface area contributed by atoms with Gasteiger partial charge in [-0.1, -0.05) is 15.9 Å². The van der Waals surface area contributed by atoms with E-state index in [4.69, 9.17) is 27.8 Å². The molecule has 0 saturated carbocycles. The number of carbonyl (C=O) groups excluding carboxylic acids is 2. The minimum Gasteiger partial charge on any atom is -0.475 e. The fourth-order valence-corrected chi connectivity index (χ4v) is 5.90. The molecule has 0 fully saturated rings. The van der Waals surface area contributed by atoms with E-state index in [0.29, 0.717) is 11.3 Å². The van der Waals surface area contributed by atoms with E-state index in [1.54, 1.807) is 6.92 Å². The zero-order valence-corrected chi connectivity index (χ0v) is 38.9. The number of carbonyl (C=O) groups is 3. The fraction of sp³-hybridized carbons (Fsp3) is 0.318. The van der Waals surface area contributed by atoms with Crippen molar-refractivity contribution in [3.8, 4) is 34.4 Å². The summed E-state index contributed by atoms with van der Waals surface area (Å²) in [7, 11) is 0. The van der Waals surface area contributed by atoms with Gasteiger partial charge in [-0.15, -0.1) is 0 Å². The summed E-state index contributed by atoms with van der Waals surface area (Å²) in [5.74, 6) is -5.08. The summed E-state index contributed by atoms with van der Waals surface area (Å²) < 4.78 is 219. The molecule has 6 rings (SSSR count). The lowest BCUT2D eigenvalue weighted by Crippen LogP contribution is -2.17. The quantitative estimate of drug-likeness (QED) is 0.0581. The van der Waals surface area contributed by atoms with Gasteiger partial charge in [-0.3, -0.25) is 0 Å². The predicted molar refractivity (Wildman–Crippen MR) is 224 cm³/mol. The number of alkyl halides is 16. The van der Waals surface area contributed by atoms with Crippen molar-refractivity contribution in [1.82, 2.24) is 15.0 Å². The van der Waals surface area contributed by atoms with Crippen LogP contribution in [0.1, 0.15) is 79.3 Å². The highest BCUT2D eigenvalue weighted by molar-refractivity contribution is 9.08. The number of aromatic carboxylic acids is 1. The maximum atomic E-state index is 12.6. The number of oxazole rings is 3. The van der Waals surface area contributed by atoms with Gasteiger partial charge in [0, 0.05) is 22.0 Å². The van der Waals surface area contributed by atoms with Gasteiger partial charge in [-0.05, 0) is 86.6 Å². The van der Waals surface area contributed by atoms with Crippen LogP contribution in [0.3, 0.4) is 0 Å². The number of hydrogen-bond donors (Lipinski definition) is 1. The Morgan fingerprint density at radius 2 is 0.770 bits per heavy atom. The maximum Gasteiger partial charge on any atom is 0.416 e. The number of esters is 2. The van der Waals surface area contributed by atoms with Crippen LogP contribution < -0.4 is 0 Å². The SMILES string of the molecule is CCOC(=O)c1oc(-c2ccc(C(F)(F)F)cc2)nc1CBr.CCOC(=O)c1oc(-c2ccc(C(F)(F)F)cc2)nc1COCC(F)(F)F.O=C(O)c1oc(-c2ccc(C(F)(F)F)cc2)nc1COCC(F)(F)F. The Morgan fingerprint density at radius 1 is 0.486 bits per heavy atom. The number of halogens is 16. The van der Waals surface area contributed by atoms with E-state index in [9.17, 15) is 80.2 Å². The largest absolute Gasteiger partial charge is 0.475 e. The fourth-order valence-electron chi connectivity index (χ4n) is 5.52. The molecule has 14 nitrogen and oxygen atoms in total. The first-order valence-corrected chi connectivity index (χ1v) is 21.4. The van der Waals surface area contributed by atoms with Crippen molar-refractivity contribution in [2.24, 2.45) is 0 Å². The Labute approximate surface area is 413 Å². The van der Waals surface area contributed by atoms with Gasteiger partial charge in [-0.25, -0.2) is 29.3 Å². The van der Waals surface area contributed by atoms with Gasteiger partial charge >= 0.3 is 48.8 Å². The van der Waals surface area contributed by atoms with Gasteiger partial charge in [-0.2, -0.15) is 65.9 Å². The lowest BCUT2D eigenvalue weighted by Gasteiger charge is -2.06. The highest BCUT2D eigenvalue weighted by atomic mass is 79.9. The van der Waals surface area contributed by atoms with Crippen LogP contribution in [0.5, 0.6) is 0 Å². The molecule has 0 aliphatic carbocycles. The second-order valence-corrected chi connectivity index (χ2v) is 14.8. The van der Waals surface area contributed by atoms with Crippen molar-refractivity contribution in [2.45, 2.75) is 63.3 Å². The smallest absolute Gasteiger partial charge is 0.416 e. The minimum atomic E-state index is -4.61. The van der Waals surface area contributed by atoms with Gasteiger partial charge in [0.05, 0.1) is 43.1 Å². The monoisotopic (exact) mass is 1140 g/mol. The minimum absolute atomic E-state index is 0.0255. The molecular formula is C44H33BrF15N3O11. The summed E-state index contributed by atoms with van der Waals surface area (Å²) in [6.07, 6.45) is -22.7. The van der Waals surface area contributed by atoms with E-state index in [1.165, 1.54) is 19.1 Å². The van der Waals surface area contributed by atoms with E-state index in [0.717, 1.165) is 60.7 Å². The van der Waals surface area contributed by atoms with Gasteiger partial charge < -0.3 is 37.3 Å². The van der Waals surface area contributed by atoms with Gasteiger partial charge in [0.25, 0.3) is 0 Å². The number of carboxylic acids is 1. The van der Waals surface area contributed by atoms with Crippen LogP contribution in [-0.2, 0) is 56.0 Å². The topological polar surface area (TPSA) is 186 Å². The maximum absolute atomic E-state index is 12.6. The molecule has 1 N–H and O–H groups in total. The molecule has 6 aromatic rings. The summed E-state index contributed by atoms with van der Waals surface area (Å²) in [6.45, 7) is -1.37. The summed E-state index contributed by atoms with van der Waals surface area (Å²) in [5.41, 5.74) is -2.49. The molecule has 0 aliphatic rings. The Bertz CT molecular complexity index is 2800. The lowest BCUT2D eigenvalue weighted by atomic mass is 10.1. The first kappa shape index (κ1) is 59.6. The van der Waals surface area contributed by atoms with E-state index in [-0.39, 0.29) is 58.8 Å². The third kappa shape index (κ3) is 17.6. The Balaban J connectivity index is 0.000000242. The number of rotatable bonds is 15. The first-order chi connectivity index (χ1) is 34.3. The van der Waals surface area contributed by atoms with Crippen molar-refractivity contribution >= 4 is 33.8 Å². The molecule has 0 amide bonds. The summed E-state index contributed by atoms with van der Waals surface area (Å²) in [4.78, 5) is 46.3. The molecule has 0 saturated heterocycles. The molecule has 0 aliphatic heterocycles. The molecule has 3 aromatic carbocycles. The molecule has 0 bridgehead atoms. The summed E-state index contributed by atoms with van der Waals surface area (Å²) >= 11 is 3.17. The third-order valence-corrected chi connectivity index (χ3v) is 9.25. The van der Waals surface area contributed by atoms with Crippen LogP contribution in [0.4, 0.5) is 65.9 Å². The van der Waals surface area contributed by atoms with E-state index in [2.05, 4.69) is 40.4 Å². The van der Waals surface area contributed by atoms with Crippen molar-refractivity contribution < 1.29 is 118 Å². The van der Waals surface area contributed by atoms with Crippen molar-refractivity contribution in [1.29, 1.82) is 0 Å². The highest BCUT2D eigenvalue weighted by Gasteiger charge is 2.34. The summed E-state index contributed by atoms with van der Waals surface area (Å²) in [6, 6.07) is 11.5. The van der Waals surface area contributed by atoms with Crippen molar-refractivity contribution in [3.63, 3.8) is 0 Å². The predicted octanol–water partition coefficient (Wildman–Crippen LogP) is 13.2. The molecular weight excluding hydrogens is 1110 g/mol. The summed E-state index contributed by atoms with van der Waals surface area (Å²) in [5, 5.41) is 9.23.